The molecule has 0 amide bonds. The molecule has 0 saturated heterocycles. The third kappa shape index (κ3) is 1.17. The molecule has 1 heterocycles. The van der Waals surface area contributed by atoms with E-state index in [1.54, 1.807) is 0 Å². The zero-order chi connectivity index (χ0) is 10.6. The molecule has 1 aliphatic carbocycles. The quantitative estimate of drug-likeness (QED) is 0.770. The van der Waals surface area contributed by atoms with Crippen LogP contribution >= 0.6 is 0 Å². The number of hydrogen-bond donors (Lipinski definition) is 1. The first-order valence-electron chi connectivity index (χ1n) is 4.98. The standard InChI is InChI=1S/C11H10F2O2/c12-7-5-8(13)10-6(1-4-15-10)9(7)11(14)2-3-11/h5,14H,1-4H2. The normalized spacial score (nSPS) is 21.0. The van der Waals surface area contributed by atoms with E-state index in [1.807, 2.05) is 0 Å². The second-order valence-electron chi connectivity index (χ2n) is 4.15. The number of benzene rings is 1. The van der Waals surface area contributed by atoms with Crippen LogP contribution in [0.4, 0.5) is 8.78 Å². The van der Waals surface area contributed by atoms with Crippen molar-refractivity contribution in [1.29, 1.82) is 0 Å². The van der Waals surface area contributed by atoms with Gasteiger partial charge in [-0.2, -0.15) is 0 Å². The Kier molecular flexibility index (Phi) is 1.63. The van der Waals surface area contributed by atoms with Crippen molar-refractivity contribution in [3.63, 3.8) is 0 Å². The summed E-state index contributed by atoms with van der Waals surface area (Å²) in [5, 5.41) is 9.92. The van der Waals surface area contributed by atoms with E-state index in [1.165, 1.54) is 0 Å². The van der Waals surface area contributed by atoms with E-state index in [4.69, 9.17) is 4.74 Å². The fourth-order valence-corrected chi connectivity index (χ4v) is 2.17. The molecule has 0 spiro atoms. The third-order valence-electron chi connectivity index (χ3n) is 3.07. The molecule has 1 fully saturated rings. The van der Waals surface area contributed by atoms with Crippen molar-refractivity contribution in [3.05, 3.63) is 28.8 Å². The van der Waals surface area contributed by atoms with E-state index in [-0.39, 0.29) is 11.3 Å². The van der Waals surface area contributed by atoms with E-state index in [0.717, 1.165) is 6.07 Å². The Balaban J connectivity index is 2.25. The van der Waals surface area contributed by atoms with Crippen LogP contribution in [0.5, 0.6) is 5.75 Å². The van der Waals surface area contributed by atoms with Gasteiger partial charge in [-0.1, -0.05) is 0 Å². The molecule has 2 nitrogen and oxygen atoms in total. The van der Waals surface area contributed by atoms with E-state index >= 15 is 0 Å². The summed E-state index contributed by atoms with van der Waals surface area (Å²) in [6, 6.07) is 0.801. The van der Waals surface area contributed by atoms with Crippen LogP contribution in [0.15, 0.2) is 6.07 Å². The lowest BCUT2D eigenvalue weighted by Crippen LogP contribution is -2.11. The summed E-state index contributed by atoms with van der Waals surface area (Å²) in [6.45, 7) is 0.360. The summed E-state index contributed by atoms with van der Waals surface area (Å²) in [5.41, 5.74) is -0.320. The first kappa shape index (κ1) is 9.09. The van der Waals surface area contributed by atoms with Crippen LogP contribution in [0, 0.1) is 11.6 Å². The summed E-state index contributed by atoms with van der Waals surface area (Å²) in [4.78, 5) is 0. The third-order valence-corrected chi connectivity index (χ3v) is 3.07. The Hall–Kier alpha value is -1.16. The molecule has 15 heavy (non-hydrogen) atoms. The van der Waals surface area contributed by atoms with E-state index in [0.29, 0.717) is 31.4 Å². The molecule has 2 aliphatic rings. The monoisotopic (exact) mass is 212 g/mol. The summed E-state index contributed by atoms with van der Waals surface area (Å²) in [6.07, 6.45) is 1.56. The highest BCUT2D eigenvalue weighted by Crippen LogP contribution is 2.50. The van der Waals surface area contributed by atoms with Gasteiger partial charge in [-0.3, -0.25) is 0 Å². The molecule has 0 aromatic heterocycles. The first-order valence-corrected chi connectivity index (χ1v) is 4.98. The van der Waals surface area contributed by atoms with E-state index in [2.05, 4.69) is 0 Å². The van der Waals surface area contributed by atoms with Crippen LogP contribution < -0.4 is 4.74 Å². The minimum atomic E-state index is -1.07. The smallest absolute Gasteiger partial charge is 0.168 e. The van der Waals surface area contributed by atoms with Gasteiger partial charge in [-0.15, -0.1) is 0 Å². The molecule has 0 unspecified atom stereocenters. The molecule has 1 N–H and O–H groups in total. The van der Waals surface area contributed by atoms with E-state index in [9.17, 15) is 13.9 Å². The van der Waals surface area contributed by atoms with Crippen LogP contribution in [0.3, 0.4) is 0 Å². The van der Waals surface area contributed by atoms with E-state index < -0.39 is 17.2 Å². The van der Waals surface area contributed by atoms with Gasteiger partial charge in [0, 0.05) is 23.6 Å². The van der Waals surface area contributed by atoms with Crippen molar-refractivity contribution in [2.75, 3.05) is 6.61 Å². The highest BCUT2D eigenvalue weighted by Gasteiger charge is 2.47. The second-order valence-corrected chi connectivity index (χ2v) is 4.15. The van der Waals surface area contributed by atoms with Gasteiger partial charge in [0.25, 0.3) is 0 Å². The van der Waals surface area contributed by atoms with Gasteiger partial charge in [0.1, 0.15) is 5.82 Å². The summed E-state index contributed by atoms with van der Waals surface area (Å²) < 4.78 is 32.0. The van der Waals surface area contributed by atoms with Gasteiger partial charge in [-0.25, -0.2) is 8.78 Å². The van der Waals surface area contributed by atoms with Crippen molar-refractivity contribution in [1.82, 2.24) is 0 Å². The van der Waals surface area contributed by atoms with Gasteiger partial charge in [0.2, 0.25) is 0 Å². The maximum absolute atomic E-state index is 13.6. The maximum atomic E-state index is 13.6. The Morgan fingerprint density at radius 2 is 2.00 bits per heavy atom. The molecule has 1 aliphatic heterocycles. The van der Waals surface area contributed by atoms with Crippen molar-refractivity contribution in [3.8, 4) is 5.75 Å². The zero-order valence-corrected chi connectivity index (χ0v) is 8.02. The van der Waals surface area contributed by atoms with Gasteiger partial charge in [-0.05, 0) is 12.8 Å². The van der Waals surface area contributed by atoms with Crippen molar-refractivity contribution < 1.29 is 18.6 Å². The number of hydrogen-bond acceptors (Lipinski definition) is 2. The topological polar surface area (TPSA) is 29.5 Å². The summed E-state index contributed by atoms with van der Waals surface area (Å²) in [5.74, 6) is -1.21. The fraction of sp³-hybridized carbons (Fsp3) is 0.455. The molecule has 80 valence electrons. The highest BCUT2D eigenvalue weighted by atomic mass is 19.1. The van der Waals surface area contributed by atoms with Crippen molar-refractivity contribution in [2.24, 2.45) is 0 Å². The lowest BCUT2D eigenvalue weighted by Gasteiger charge is -2.14. The minimum Gasteiger partial charge on any atom is -0.490 e. The number of rotatable bonds is 1. The van der Waals surface area contributed by atoms with Gasteiger partial charge >= 0.3 is 0 Å². The van der Waals surface area contributed by atoms with Gasteiger partial charge in [0.05, 0.1) is 12.2 Å². The Morgan fingerprint density at radius 1 is 1.27 bits per heavy atom. The molecular weight excluding hydrogens is 202 g/mol. The average molecular weight is 212 g/mol. The predicted octanol–water partition coefficient (Wildman–Crippen LogP) is 1.88. The molecular formula is C11H10F2O2. The minimum absolute atomic E-state index is 0.117. The molecule has 4 heteroatoms. The van der Waals surface area contributed by atoms with Crippen molar-refractivity contribution in [2.45, 2.75) is 24.9 Å². The first-order chi connectivity index (χ1) is 7.12. The summed E-state index contributed by atoms with van der Waals surface area (Å²) in [7, 11) is 0. The molecule has 0 radical (unpaired) electrons. The molecule has 1 saturated carbocycles. The number of ether oxygens (including phenoxy) is 1. The van der Waals surface area contributed by atoms with Crippen LogP contribution in [0.1, 0.15) is 24.0 Å². The average Bonchev–Trinajstić information content (AvgIpc) is 2.74. The molecule has 0 bridgehead atoms. The number of halogens is 2. The molecule has 3 rings (SSSR count). The maximum Gasteiger partial charge on any atom is 0.168 e. The highest BCUT2D eigenvalue weighted by molar-refractivity contribution is 5.49. The van der Waals surface area contributed by atoms with Crippen LogP contribution in [-0.2, 0) is 12.0 Å². The number of fused-ring (bicyclic) bond motifs is 1. The number of aliphatic hydroxyl groups is 1. The lowest BCUT2D eigenvalue weighted by atomic mass is 9.97. The Morgan fingerprint density at radius 3 is 2.67 bits per heavy atom. The van der Waals surface area contributed by atoms with Crippen LogP contribution in [-0.4, -0.2) is 11.7 Å². The van der Waals surface area contributed by atoms with Gasteiger partial charge < -0.3 is 9.84 Å². The van der Waals surface area contributed by atoms with Gasteiger partial charge in [0.15, 0.2) is 11.6 Å². The van der Waals surface area contributed by atoms with Crippen molar-refractivity contribution >= 4 is 0 Å². The molecule has 1 aromatic carbocycles. The largest absolute Gasteiger partial charge is 0.490 e. The Labute approximate surface area is 85.5 Å². The van der Waals surface area contributed by atoms with Crippen LogP contribution in [0.2, 0.25) is 0 Å². The van der Waals surface area contributed by atoms with Crippen LogP contribution in [0.25, 0.3) is 0 Å². The fourth-order valence-electron chi connectivity index (χ4n) is 2.17. The SMILES string of the molecule is OC1(c2c(F)cc(F)c3c2CCO3)CC1. The lowest BCUT2D eigenvalue weighted by molar-refractivity contribution is 0.145. The predicted molar refractivity (Wildman–Crippen MR) is 48.7 cm³/mol. The molecule has 1 aromatic rings. The Bertz CT molecular complexity index is 439. The molecule has 0 atom stereocenters. The summed E-state index contributed by atoms with van der Waals surface area (Å²) >= 11 is 0. The second kappa shape index (κ2) is 2.70. The zero-order valence-electron chi connectivity index (χ0n) is 8.02.